The van der Waals surface area contributed by atoms with Gasteiger partial charge in [-0.05, 0) is 86.1 Å². The number of aromatic amines is 1. The number of aromatic nitrogens is 2. The number of methoxy groups -OCH3 is 2. The Balaban J connectivity index is 0.000000431. The fourth-order valence-corrected chi connectivity index (χ4v) is 6.89. The molecule has 0 radical (unpaired) electrons. The van der Waals surface area contributed by atoms with Crippen molar-refractivity contribution in [2.75, 3.05) is 45.4 Å². The zero-order chi connectivity index (χ0) is 36.7. The van der Waals surface area contributed by atoms with E-state index in [0.29, 0.717) is 45.5 Å². The first-order valence-electron chi connectivity index (χ1n) is 16.3. The number of hydrogen-bond donors (Lipinski definition) is 3. The summed E-state index contributed by atoms with van der Waals surface area (Å²) in [5, 5.41) is 7.77. The van der Waals surface area contributed by atoms with Gasteiger partial charge in [-0.15, -0.1) is 0 Å². The van der Waals surface area contributed by atoms with Gasteiger partial charge >= 0.3 is 29.6 Å². The van der Waals surface area contributed by atoms with E-state index in [-0.39, 0.29) is 54.3 Å². The molecule has 0 saturated carbocycles. The van der Waals surface area contributed by atoms with E-state index in [0.717, 1.165) is 58.1 Å². The second-order valence-corrected chi connectivity index (χ2v) is 15.0. The maximum Gasteiger partial charge on any atom is 1.00 e. The molecule has 3 heterocycles. The molecule has 4 aromatic rings. The number of nitrogens with one attached hydrogen (secondary N) is 3. The summed E-state index contributed by atoms with van der Waals surface area (Å²) in [7, 11) is -3.98. The molecule has 1 fully saturated rings. The van der Waals surface area contributed by atoms with Crippen LogP contribution in [0.15, 0.2) is 48.8 Å². The summed E-state index contributed by atoms with van der Waals surface area (Å²) in [6, 6.07) is 11.7. The van der Waals surface area contributed by atoms with Gasteiger partial charge < -0.3 is 34.2 Å². The molecule has 17 heteroatoms. The first-order chi connectivity index (χ1) is 23.7. The molecule has 0 unspecified atom stereocenters. The Bertz CT molecular complexity index is 1940. The molecule has 1 saturated heterocycles. The molecule has 1 aliphatic heterocycles. The third-order valence-corrected chi connectivity index (χ3v) is 9.88. The number of unbranched alkanes of at least 4 members (excludes halogenated alkanes) is 1. The standard InChI is InChI=1S/C17H24N2O5S.C13H16N2O2.C4H8O3S.Na.H2/c1-13(20)18-8-7-14-12-19(9-3-4-10-25(21,22)23)17-6-5-15(24-2)11-16(14)17;1-9(16)14-6-5-10-8-15-13-4-3-11(17-2)7-12(10)13;5-8(6)4-2-1-3-7-8;;/h5-6,11-12H,3-4,7-10H2,1-2H3,(H,18,20)(H,21,22,23);3-4,7-8,15H,5-6H2,1-2H3,(H,14,16);1-4H2;;1H/q;;;+1;/p-1. The maximum atomic E-state index is 11.0. The summed E-state index contributed by atoms with van der Waals surface area (Å²) in [4.78, 5) is 25.1. The number of ether oxygens (including phenoxy) is 2. The minimum atomic E-state index is -4.16. The van der Waals surface area contributed by atoms with Crippen LogP contribution in [0.25, 0.3) is 21.8 Å². The van der Waals surface area contributed by atoms with E-state index in [2.05, 4.69) is 24.4 Å². The van der Waals surface area contributed by atoms with Gasteiger partial charge in [-0.3, -0.25) is 13.8 Å². The number of amides is 2. The van der Waals surface area contributed by atoms with E-state index < -0.39 is 20.2 Å². The first kappa shape index (κ1) is 44.0. The number of aryl methyl sites for hydroxylation is 1. The van der Waals surface area contributed by atoms with Crippen LogP contribution in [-0.2, 0) is 53.4 Å². The smallest absolute Gasteiger partial charge is 0.748 e. The van der Waals surface area contributed by atoms with Crippen LogP contribution in [0, 0.1) is 0 Å². The van der Waals surface area contributed by atoms with Gasteiger partial charge in [0.05, 0.1) is 36.7 Å². The number of rotatable bonds is 13. The van der Waals surface area contributed by atoms with E-state index in [1.54, 1.807) is 14.2 Å². The van der Waals surface area contributed by atoms with E-state index in [1.165, 1.54) is 19.4 Å². The van der Waals surface area contributed by atoms with E-state index in [1.807, 2.05) is 48.8 Å². The second-order valence-electron chi connectivity index (χ2n) is 11.7. The molecule has 2 amide bonds. The van der Waals surface area contributed by atoms with Crippen LogP contribution in [0.5, 0.6) is 11.5 Å². The molecule has 2 aromatic carbocycles. The normalized spacial score (nSPS) is 13.5. The summed E-state index contributed by atoms with van der Waals surface area (Å²) in [6.45, 7) is 5.20. The van der Waals surface area contributed by atoms with E-state index >= 15 is 0 Å². The zero-order valence-electron chi connectivity index (χ0n) is 30.0. The molecule has 278 valence electrons. The number of fused-ring (bicyclic) bond motifs is 2. The summed E-state index contributed by atoms with van der Waals surface area (Å²) in [5.74, 6) is 1.39. The van der Waals surface area contributed by atoms with Crippen LogP contribution in [0.1, 0.15) is 52.1 Å². The van der Waals surface area contributed by atoms with Crippen LogP contribution in [0.4, 0.5) is 0 Å². The van der Waals surface area contributed by atoms with Crippen LogP contribution in [-0.4, -0.2) is 88.2 Å². The number of hydrogen-bond acceptors (Lipinski definition) is 10. The van der Waals surface area contributed by atoms with Gasteiger partial charge in [-0.25, -0.2) is 8.42 Å². The van der Waals surface area contributed by atoms with Crippen molar-refractivity contribution < 1.29 is 75.6 Å². The average Bonchev–Trinajstić information content (AvgIpc) is 3.62. The molecule has 0 bridgehead atoms. The zero-order valence-corrected chi connectivity index (χ0v) is 33.6. The summed E-state index contributed by atoms with van der Waals surface area (Å²) in [6.07, 6.45) is 8.05. The Morgan fingerprint density at radius 2 is 1.55 bits per heavy atom. The molecule has 0 spiro atoms. The van der Waals surface area contributed by atoms with Crippen LogP contribution < -0.4 is 49.7 Å². The van der Waals surface area contributed by atoms with Gasteiger partial charge in [0.25, 0.3) is 10.1 Å². The topological polar surface area (TPSA) is 198 Å². The van der Waals surface area contributed by atoms with Gasteiger partial charge in [0.2, 0.25) is 11.8 Å². The second kappa shape index (κ2) is 21.4. The molecule has 0 aliphatic carbocycles. The summed E-state index contributed by atoms with van der Waals surface area (Å²) in [5.41, 5.74) is 4.37. The summed E-state index contributed by atoms with van der Waals surface area (Å²) >= 11 is 0. The number of nitrogens with zero attached hydrogens (tertiary/aromatic N) is 1. The molecule has 51 heavy (non-hydrogen) atoms. The van der Waals surface area contributed by atoms with Crippen LogP contribution >= 0.6 is 0 Å². The largest absolute Gasteiger partial charge is 1.00 e. The van der Waals surface area contributed by atoms with E-state index in [4.69, 9.17) is 9.47 Å². The minimum absolute atomic E-state index is 0. The average molecular weight is 761 g/mol. The molecule has 1 aliphatic rings. The Morgan fingerprint density at radius 1 is 0.941 bits per heavy atom. The molecular formula is C34H49N4NaO10S2. The van der Waals surface area contributed by atoms with E-state index in [9.17, 15) is 31.0 Å². The number of H-pyrrole nitrogens is 1. The van der Waals surface area contributed by atoms with Gasteiger partial charge in [0, 0.05) is 74.9 Å². The van der Waals surface area contributed by atoms with Gasteiger partial charge in [0.1, 0.15) is 11.5 Å². The maximum absolute atomic E-state index is 11.0. The Kier molecular flexibility index (Phi) is 18.5. The number of carbonyl (C=O) groups is 2. The van der Waals surface area contributed by atoms with Gasteiger partial charge in [0.15, 0.2) is 0 Å². The predicted octanol–water partition coefficient (Wildman–Crippen LogP) is 0.886. The molecule has 5 rings (SSSR count). The van der Waals surface area contributed by atoms with Crippen molar-refractivity contribution in [3.8, 4) is 11.5 Å². The number of benzene rings is 2. The Morgan fingerprint density at radius 3 is 2.08 bits per heavy atom. The van der Waals surface area contributed by atoms with Crippen molar-refractivity contribution >= 4 is 53.9 Å². The SMILES string of the molecule is COc1ccc2[nH]cc(CCNC(C)=O)c2c1.COc1ccc2c(c1)c(CCNC(C)=O)cn2CCCCS(=O)(=O)[O-].O=S1(=O)CCCCO1.[HH].[Na+]. The monoisotopic (exact) mass is 760 g/mol. The molecule has 2 aromatic heterocycles. The quantitative estimate of drug-likeness (QED) is 0.0762. The fourth-order valence-electron chi connectivity index (χ4n) is 5.29. The van der Waals surface area contributed by atoms with Gasteiger partial charge in [-0.2, -0.15) is 8.42 Å². The minimum Gasteiger partial charge on any atom is -0.748 e. The predicted molar refractivity (Wildman–Crippen MR) is 193 cm³/mol. The Labute approximate surface area is 323 Å². The molecule has 3 N–H and O–H groups in total. The number of carbonyl (C=O) groups excluding carboxylic acids is 2. The summed E-state index contributed by atoms with van der Waals surface area (Å²) < 4.78 is 69.9. The fraction of sp³-hybridized carbons (Fsp3) is 0.471. The Hall–Kier alpha value is -3.12. The molecule has 0 atom stereocenters. The third kappa shape index (κ3) is 15.6. The molecule has 14 nitrogen and oxygen atoms in total. The van der Waals surface area contributed by atoms with Crippen molar-refractivity contribution in [3.05, 3.63) is 59.9 Å². The first-order valence-corrected chi connectivity index (χ1v) is 19.5. The van der Waals surface area contributed by atoms with Gasteiger partial charge in [-0.1, -0.05) is 0 Å². The molecular weight excluding hydrogens is 712 g/mol. The van der Waals surface area contributed by atoms with Crippen molar-refractivity contribution in [2.24, 2.45) is 0 Å². The van der Waals surface area contributed by atoms with Crippen molar-refractivity contribution in [1.82, 2.24) is 20.2 Å². The van der Waals surface area contributed by atoms with Crippen LogP contribution in [0.2, 0.25) is 0 Å². The van der Waals surface area contributed by atoms with Crippen molar-refractivity contribution in [2.45, 2.75) is 58.9 Å². The van der Waals surface area contributed by atoms with Crippen molar-refractivity contribution in [3.63, 3.8) is 0 Å². The third-order valence-electron chi connectivity index (χ3n) is 7.78. The van der Waals surface area contributed by atoms with Crippen LogP contribution in [0.3, 0.4) is 0 Å². The van der Waals surface area contributed by atoms with Crippen molar-refractivity contribution in [1.29, 1.82) is 0 Å².